The molecule has 0 saturated heterocycles. The maximum absolute atomic E-state index is 10.8. The highest BCUT2D eigenvalue weighted by Gasteiger charge is 2.10. The third-order valence-electron chi connectivity index (χ3n) is 3.02. The van der Waals surface area contributed by atoms with Crippen LogP contribution in [0.3, 0.4) is 0 Å². The Balaban J connectivity index is 2.11. The summed E-state index contributed by atoms with van der Waals surface area (Å²) in [4.78, 5) is 10.8. The van der Waals surface area contributed by atoms with Crippen molar-refractivity contribution in [3.05, 3.63) is 63.6 Å². The van der Waals surface area contributed by atoms with Gasteiger partial charge in [0.1, 0.15) is 12.4 Å². The van der Waals surface area contributed by atoms with Crippen LogP contribution in [0.2, 0.25) is 0 Å². The van der Waals surface area contributed by atoms with Crippen LogP contribution in [-0.2, 0) is 6.61 Å². The first kappa shape index (κ1) is 15.5. The van der Waals surface area contributed by atoms with Crippen molar-refractivity contribution in [2.75, 3.05) is 0 Å². The van der Waals surface area contributed by atoms with Crippen molar-refractivity contribution >= 4 is 21.9 Å². The molecule has 2 N–H and O–H groups in total. The molecule has 1 atom stereocenters. The SMILES string of the molecule is CC(O)c1cc(Br)ccc1OCc1ccc(C(=O)O)cc1. The first-order valence-corrected chi connectivity index (χ1v) is 7.19. The van der Waals surface area contributed by atoms with Gasteiger partial charge in [-0.05, 0) is 42.8 Å². The normalized spacial score (nSPS) is 12.0. The summed E-state index contributed by atoms with van der Waals surface area (Å²) in [6.45, 7) is 1.98. The average Bonchev–Trinajstić information content (AvgIpc) is 2.46. The topological polar surface area (TPSA) is 66.8 Å². The fourth-order valence-electron chi connectivity index (χ4n) is 1.88. The van der Waals surface area contributed by atoms with Gasteiger partial charge in [0, 0.05) is 10.0 Å². The lowest BCUT2D eigenvalue weighted by molar-refractivity contribution is 0.0697. The first-order chi connectivity index (χ1) is 9.97. The van der Waals surface area contributed by atoms with E-state index in [9.17, 15) is 9.90 Å². The quantitative estimate of drug-likeness (QED) is 0.860. The van der Waals surface area contributed by atoms with Gasteiger partial charge in [0.15, 0.2) is 0 Å². The van der Waals surface area contributed by atoms with Gasteiger partial charge in [-0.3, -0.25) is 0 Å². The number of carboxylic acid groups (broad SMARTS) is 1. The highest BCUT2D eigenvalue weighted by molar-refractivity contribution is 9.10. The second-order valence-electron chi connectivity index (χ2n) is 4.65. The van der Waals surface area contributed by atoms with Crippen molar-refractivity contribution in [2.24, 2.45) is 0 Å². The van der Waals surface area contributed by atoms with Crippen molar-refractivity contribution in [2.45, 2.75) is 19.6 Å². The third kappa shape index (κ3) is 4.06. The smallest absolute Gasteiger partial charge is 0.335 e. The van der Waals surface area contributed by atoms with Crippen LogP contribution in [-0.4, -0.2) is 16.2 Å². The van der Waals surface area contributed by atoms with Gasteiger partial charge in [-0.1, -0.05) is 28.1 Å². The number of aliphatic hydroxyl groups excluding tert-OH is 1. The zero-order valence-electron chi connectivity index (χ0n) is 11.4. The van der Waals surface area contributed by atoms with Crippen molar-refractivity contribution < 1.29 is 19.7 Å². The number of benzene rings is 2. The van der Waals surface area contributed by atoms with E-state index in [2.05, 4.69) is 15.9 Å². The number of hydrogen-bond donors (Lipinski definition) is 2. The van der Waals surface area contributed by atoms with Gasteiger partial charge < -0.3 is 14.9 Å². The van der Waals surface area contributed by atoms with Gasteiger partial charge in [0.2, 0.25) is 0 Å². The number of hydrogen-bond acceptors (Lipinski definition) is 3. The summed E-state index contributed by atoms with van der Waals surface area (Å²) in [7, 11) is 0. The molecule has 0 aliphatic rings. The van der Waals surface area contributed by atoms with E-state index in [1.165, 1.54) is 12.1 Å². The van der Waals surface area contributed by atoms with Crippen molar-refractivity contribution in [3.8, 4) is 5.75 Å². The van der Waals surface area contributed by atoms with Gasteiger partial charge in [-0.15, -0.1) is 0 Å². The fraction of sp³-hybridized carbons (Fsp3) is 0.188. The van der Waals surface area contributed by atoms with Gasteiger partial charge in [0.05, 0.1) is 11.7 Å². The van der Waals surface area contributed by atoms with E-state index in [1.54, 1.807) is 25.1 Å². The molecule has 0 bridgehead atoms. The van der Waals surface area contributed by atoms with Crippen molar-refractivity contribution in [3.63, 3.8) is 0 Å². The van der Waals surface area contributed by atoms with Gasteiger partial charge >= 0.3 is 5.97 Å². The maximum Gasteiger partial charge on any atom is 0.335 e. The Bertz CT molecular complexity index is 635. The van der Waals surface area contributed by atoms with Crippen LogP contribution >= 0.6 is 15.9 Å². The number of carboxylic acids is 1. The van der Waals surface area contributed by atoms with E-state index in [0.717, 1.165) is 10.0 Å². The van der Waals surface area contributed by atoms with Crippen molar-refractivity contribution in [1.82, 2.24) is 0 Å². The van der Waals surface area contributed by atoms with Crippen LogP contribution in [0.1, 0.15) is 34.5 Å². The molecule has 2 aromatic rings. The van der Waals surface area contributed by atoms with Gasteiger partial charge in [-0.25, -0.2) is 4.79 Å². The number of aliphatic hydroxyl groups is 1. The highest BCUT2D eigenvalue weighted by Crippen LogP contribution is 2.29. The number of aromatic carboxylic acids is 1. The van der Waals surface area contributed by atoms with Crippen LogP contribution in [0, 0.1) is 0 Å². The zero-order chi connectivity index (χ0) is 15.4. The lowest BCUT2D eigenvalue weighted by atomic mass is 10.1. The minimum atomic E-state index is -0.952. The monoisotopic (exact) mass is 350 g/mol. The Kier molecular flexibility index (Phi) is 4.98. The summed E-state index contributed by atoms with van der Waals surface area (Å²) in [6, 6.07) is 11.9. The maximum atomic E-state index is 10.8. The fourth-order valence-corrected chi connectivity index (χ4v) is 2.26. The van der Waals surface area contributed by atoms with E-state index in [4.69, 9.17) is 9.84 Å². The summed E-state index contributed by atoms with van der Waals surface area (Å²) in [5, 5.41) is 18.6. The standard InChI is InChI=1S/C16H15BrO4/c1-10(18)14-8-13(17)6-7-15(14)21-9-11-2-4-12(5-3-11)16(19)20/h2-8,10,18H,9H2,1H3,(H,19,20). The zero-order valence-corrected chi connectivity index (χ0v) is 13.0. The molecule has 110 valence electrons. The number of halogens is 1. The van der Waals surface area contributed by atoms with E-state index >= 15 is 0 Å². The summed E-state index contributed by atoms with van der Waals surface area (Å²) < 4.78 is 6.58. The molecular formula is C16H15BrO4. The van der Waals surface area contributed by atoms with Crippen LogP contribution in [0.25, 0.3) is 0 Å². The first-order valence-electron chi connectivity index (χ1n) is 6.40. The Labute approximate surface area is 131 Å². The van der Waals surface area contributed by atoms with Crippen LogP contribution in [0.5, 0.6) is 5.75 Å². The lowest BCUT2D eigenvalue weighted by Crippen LogP contribution is -2.02. The molecule has 0 heterocycles. The largest absolute Gasteiger partial charge is 0.489 e. The molecule has 0 aliphatic carbocycles. The summed E-state index contributed by atoms with van der Waals surface area (Å²) in [5.74, 6) is -0.345. The Morgan fingerprint density at radius 1 is 1.24 bits per heavy atom. The predicted octanol–water partition coefficient (Wildman–Crippen LogP) is 3.78. The van der Waals surface area contributed by atoms with E-state index in [1.807, 2.05) is 12.1 Å². The molecule has 0 radical (unpaired) electrons. The Morgan fingerprint density at radius 2 is 1.90 bits per heavy atom. The number of ether oxygens (including phenoxy) is 1. The minimum absolute atomic E-state index is 0.243. The van der Waals surface area contributed by atoms with Gasteiger partial charge in [-0.2, -0.15) is 0 Å². The van der Waals surface area contributed by atoms with Crippen LogP contribution < -0.4 is 4.74 Å². The highest BCUT2D eigenvalue weighted by atomic mass is 79.9. The second-order valence-corrected chi connectivity index (χ2v) is 5.56. The summed E-state index contributed by atoms with van der Waals surface area (Å²) in [6.07, 6.45) is -0.633. The molecule has 2 rings (SSSR count). The molecule has 0 saturated carbocycles. The molecule has 4 nitrogen and oxygen atoms in total. The second kappa shape index (κ2) is 6.74. The summed E-state index contributed by atoms with van der Waals surface area (Å²) >= 11 is 3.36. The molecule has 0 aliphatic heterocycles. The molecular weight excluding hydrogens is 336 g/mol. The molecule has 0 fully saturated rings. The molecule has 5 heteroatoms. The van der Waals surface area contributed by atoms with E-state index in [-0.39, 0.29) is 5.56 Å². The van der Waals surface area contributed by atoms with Gasteiger partial charge in [0.25, 0.3) is 0 Å². The number of carbonyl (C=O) groups is 1. The molecule has 21 heavy (non-hydrogen) atoms. The van der Waals surface area contributed by atoms with Crippen LogP contribution in [0.15, 0.2) is 46.9 Å². The summed E-state index contributed by atoms with van der Waals surface area (Å²) in [5.41, 5.74) is 1.80. The Morgan fingerprint density at radius 3 is 2.48 bits per heavy atom. The van der Waals surface area contributed by atoms with E-state index in [0.29, 0.717) is 17.9 Å². The lowest BCUT2D eigenvalue weighted by Gasteiger charge is -2.14. The third-order valence-corrected chi connectivity index (χ3v) is 3.51. The van der Waals surface area contributed by atoms with E-state index < -0.39 is 12.1 Å². The Hall–Kier alpha value is -1.85. The van der Waals surface area contributed by atoms with Crippen molar-refractivity contribution in [1.29, 1.82) is 0 Å². The molecule has 1 unspecified atom stereocenters. The molecule has 0 amide bonds. The molecule has 2 aromatic carbocycles. The minimum Gasteiger partial charge on any atom is -0.489 e. The average molecular weight is 351 g/mol. The van der Waals surface area contributed by atoms with Crippen LogP contribution in [0.4, 0.5) is 0 Å². The molecule has 0 spiro atoms. The molecule has 0 aromatic heterocycles. The predicted molar refractivity (Wildman–Crippen MR) is 82.5 cm³/mol. The number of rotatable bonds is 5.